The summed E-state index contributed by atoms with van der Waals surface area (Å²) in [6, 6.07) is 0. The van der Waals surface area contributed by atoms with E-state index in [9.17, 15) is 0 Å². The second kappa shape index (κ2) is 24.3. The molecule has 0 unspecified atom stereocenters. The summed E-state index contributed by atoms with van der Waals surface area (Å²) >= 11 is 0. The van der Waals surface area contributed by atoms with Gasteiger partial charge in [-0.3, -0.25) is 19.6 Å². The average Bonchev–Trinajstić information content (AvgIpc) is 4.01. The highest BCUT2D eigenvalue weighted by molar-refractivity contribution is 4.78. The van der Waals surface area contributed by atoms with E-state index in [1.165, 1.54) is 273 Å². The minimum absolute atomic E-state index is 1.22. The number of hydrogen-bond acceptors (Lipinski definition) is 10. The van der Waals surface area contributed by atoms with Gasteiger partial charge in [-0.05, 0) is 156 Å². The normalized spacial score (nSPS) is 23.5. The minimum Gasteiger partial charge on any atom is -0.302 e. The molecule has 52 heavy (non-hydrogen) atoms. The highest BCUT2D eigenvalue weighted by Gasteiger charge is 2.21. The predicted molar refractivity (Wildman–Crippen MR) is 220 cm³/mol. The van der Waals surface area contributed by atoms with E-state index >= 15 is 0 Å². The first-order valence-corrected chi connectivity index (χ1v) is 23.0. The molecular weight excluding hydrogens is 645 g/mol. The van der Waals surface area contributed by atoms with Gasteiger partial charge >= 0.3 is 0 Å². The van der Waals surface area contributed by atoms with Crippen LogP contribution >= 0.6 is 0 Å². The lowest BCUT2D eigenvalue weighted by Crippen LogP contribution is -2.47. The monoisotopic (exact) mass is 729 g/mol. The van der Waals surface area contributed by atoms with Gasteiger partial charge in [0.2, 0.25) is 0 Å². The van der Waals surface area contributed by atoms with Crippen molar-refractivity contribution >= 4 is 0 Å². The van der Waals surface area contributed by atoms with Crippen molar-refractivity contribution in [2.24, 2.45) is 0 Å². The molecule has 6 aliphatic heterocycles. The van der Waals surface area contributed by atoms with Gasteiger partial charge in [0.05, 0.1) is 0 Å². The molecule has 0 radical (unpaired) electrons. The van der Waals surface area contributed by atoms with Crippen molar-refractivity contribution in [3.63, 3.8) is 0 Å². The zero-order valence-corrected chi connectivity index (χ0v) is 34.2. The van der Waals surface area contributed by atoms with E-state index in [1.54, 1.807) is 0 Å². The van der Waals surface area contributed by atoms with Crippen LogP contribution in [-0.4, -0.2) is 245 Å². The van der Waals surface area contributed by atoms with Crippen LogP contribution < -0.4 is 0 Å². The molecule has 6 rings (SSSR count). The molecule has 6 fully saturated rings. The highest BCUT2D eigenvalue weighted by Crippen LogP contribution is 2.13. The van der Waals surface area contributed by atoms with Crippen molar-refractivity contribution in [3.8, 4) is 0 Å². The average molecular weight is 729 g/mol. The summed E-state index contributed by atoms with van der Waals surface area (Å²) in [7, 11) is 0. The Balaban J connectivity index is 1.03. The largest absolute Gasteiger partial charge is 0.302 e. The van der Waals surface area contributed by atoms with Gasteiger partial charge in [0.15, 0.2) is 0 Å². The Morgan fingerprint density at radius 1 is 0.192 bits per heavy atom. The molecule has 0 atom stereocenters. The second-order valence-electron chi connectivity index (χ2n) is 17.7. The first kappa shape index (κ1) is 41.2. The lowest BCUT2D eigenvalue weighted by molar-refractivity contribution is 0.132. The Bertz CT molecular complexity index is 777. The van der Waals surface area contributed by atoms with Gasteiger partial charge in [0, 0.05) is 118 Å². The molecular formula is C42H84N10. The maximum absolute atomic E-state index is 2.89. The minimum atomic E-state index is 1.22. The Morgan fingerprint density at radius 3 is 0.481 bits per heavy atom. The van der Waals surface area contributed by atoms with Gasteiger partial charge < -0.3 is 29.4 Å². The van der Waals surface area contributed by atoms with E-state index < -0.39 is 0 Å². The number of likely N-dealkylation sites (tertiary alicyclic amines) is 6. The molecule has 0 aromatic rings. The molecule has 10 nitrogen and oxygen atoms in total. The molecule has 6 heterocycles. The van der Waals surface area contributed by atoms with Crippen molar-refractivity contribution in [2.45, 2.75) is 77.0 Å². The number of rotatable bonds is 27. The van der Waals surface area contributed by atoms with Crippen molar-refractivity contribution in [1.82, 2.24) is 49.0 Å². The summed E-state index contributed by atoms with van der Waals surface area (Å²) in [6.45, 7) is 38.3. The van der Waals surface area contributed by atoms with E-state index in [4.69, 9.17) is 0 Å². The molecule has 6 aliphatic rings. The zero-order valence-electron chi connectivity index (χ0n) is 34.2. The molecule has 0 aliphatic carbocycles. The van der Waals surface area contributed by atoms with Crippen molar-refractivity contribution in [3.05, 3.63) is 0 Å². The van der Waals surface area contributed by atoms with Gasteiger partial charge in [-0.15, -0.1) is 0 Å². The smallest absolute Gasteiger partial charge is 0.0110 e. The maximum Gasteiger partial charge on any atom is 0.0110 e. The van der Waals surface area contributed by atoms with Gasteiger partial charge in [-0.2, -0.15) is 0 Å². The zero-order chi connectivity index (χ0) is 35.5. The van der Waals surface area contributed by atoms with Crippen LogP contribution in [0, 0.1) is 0 Å². The van der Waals surface area contributed by atoms with Crippen LogP contribution in [0.2, 0.25) is 0 Å². The fraction of sp³-hybridized carbons (Fsp3) is 1.00. The summed E-state index contributed by atoms with van der Waals surface area (Å²) in [4.78, 5) is 27.9. The van der Waals surface area contributed by atoms with Crippen LogP contribution in [0.3, 0.4) is 0 Å². The van der Waals surface area contributed by atoms with Crippen LogP contribution in [0.15, 0.2) is 0 Å². The first-order chi connectivity index (χ1) is 25.7. The maximum atomic E-state index is 2.89. The Kier molecular flexibility index (Phi) is 19.3. The fourth-order valence-electron chi connectivity index (χ4n) is 9.92. The SMILES string of the molecule is C1CCN(CCN(CCN2CCCC2)CCN(CCN2CCCC2)CCN(CCN2CCCC2)CCN(CCN2CCCC2)CCN2CCCC2)C1. The molecule has 0 bridgehead atoms. The van der Waals surface area contributed by atoms with Crippen LogP contribution in [0.25, 0.3) is 0 Å². The van der Waals surface area contributed by atoms with Gasteiger partial charge in [-0.1, -0.05) is 0 Å². The summed E-state index contributed by atoms with van der Waals surface area (Å²) in [5.41, 5.74) is 0. The number of nitrogens with zero attached hydrogens (tertiary/aromatic N) is 10. The molecule has 0 aromatic carbocycles. The molecule has 0 spiro atoms. The van der Waals surface area contributed by atoms with E-state index in [1.807, 2.05) is 0 Å². The third-order valence-electron chi connectivity index (χ3n) is 13.8. The quantitative estimate of drug-likeness (QED) is 0.126. The van der Waals surface area contributed by atoms with Crippen molar-refractivity contribution < 1.29 is 0 Å². The Morgan fingerprint density at radius 2 is 0.327 bits per heavy atom. The van der Waals surface area contributed by atoms with Crippen LogP contribution in [0.5, 0.6) is 0 Å². The third-order valence-corrected chi connectivity index (χ3v) is 13.8. The third kappa shape index (κ3) is 15.6. The molecule has 302 valence electrons. The molecule has 10 heteroatoms. The highest BCUT2D eigenvalue weighted by atomic mass is 15.3. The lowest BCUT2D eigenvalue weighted by atomic mass is 10.3. The fourth-order valence-corrected chi connectivity index (χ4v) is 9.92. The molecule has 0 amide bonds. The molecule has 0 aromatic heterocycles. The van der Waals surface area contributed by atoms with Crippen LogP contribution in [0.4, 0.5) is 0 Å². The van der Waals surface area contributed by atoms with E-state index in [2.05, 4.69) is 49.0 Å². The molecule has 0 N–H and O–H groups in total. The molecule has 6 saturated heterocycles. The van der Waals surface area contributed by atoms with Crippen LogP contribution in [-0.2, 0) is 0 Å². The summed E-state index contributed by atoms with van der Waals surface area (Å²) in [6.07, 6.45) is 16.8. The summed E-state index contributed by atoms with van der Waals surface area (Å²) < 4.78 is 0. The van der Waals surface area contributed by atoms with E-state index in [0.29, 0.717) is 0 Å². The topological polar surface area (TPSA) is 32.4 Å². The van der Waals surface area contributed by atoms with Crippen molar-refractivity contribution in [1.29, 1.82) is 0 Å². The van der Waals surface area contributed by atoms with Crippen LogP contribution in [0.1, 0.15) is 77.0 Å². The van der Waals surface area contributed by atoms with E-state index in [0.717, 1.165) is 0 Å². The summed E-state index contributed by atoms with van der Waals surface area (Å²) in [5, 5.41) is 0. The summed E-state index contributed by atoms with van der Waals surface area (Å²) in [5.74, 6) is 0. The van der Waals surface area contributed by atoms with Gasteiger partial charge in [0.25, 0.3) is 0 Å². The first-order valence-electron chi connectivity index (χ1n) is 23.0. The lowest BCUT2D eigenvalue weighted by Gasteiger charge is -2.34. The van der Waals surface area contributed by atoms with Gasteiger partial charge in [-0.25, -0.2) is 0 Å². The number of hydrogen-bond donors (Lipinski definition) is 0. The van der Waals surface area contributed by atoms with E-state index in [-0.39, 0.29) is 0 Å². The molecule has 0 saturated carbocycles. The van der Waals surface area contributed by atoms with Crippen molar-refractivity contribution in [2.75, 3.05) is 196 Å². The Labute approximate surface area is 321 Å². The standard InChI is InChI=1S/C42H84N10/c1-2-14-43(13-1)25-31-49(32-26-44-15-3-4-16-44)37-39-51(35-29-47-21-9-10-22-47)41-42-52(36-30-48-23-11-12-24-48)40-38-50(33-27-45-17-5-6-18-45)34-28-46-19-7-8-20-46/h1-42H2. The predicted octanol–water partition coefficient (Wildman–Crippen LogP) is 2.77. The Hall–Kier alpha value is -0.400. The second-order valence-corrected chi connectivity index (χ2v) is 17.7. The van der Waals surface area contributed by atoms with Gasteiger partial charge in [0.1, 0.15) is 0 Å².